The van der Waals surface area contributed by atoms with E-state index in [2.05, 4.69) is 27.2 Å². The number of nitrogens with zero attached hydrogens (tertiary/aromatic N) is 8. The van der Waals surface area contributed by atoms with Crippen LogP contribution in [0, 0.1) is 11.7 Å². The van der Waals surface area contributed by atoms with Gasteiger partial charge in [0.2, 0.25) is 4.77 Å². The molecule has 4 aromatic rings. The summed E-state index contributed by atoms with van der Waals surface area (Å²) in [4.78, 5) is 14.0. The Morgan fingerprint density at radius 3 is 2.31 bits per heavy atom. The van der Waals surface area contributed by atoms with Crippen molar-refractivity contribution in [2.75, 3.05) is 29.9 Å². The fraction of sp³-hybridized carbons (Fsp3) is 0.250. The molecule has 0 bridgehead atoms. The topological polar surface area (TPSA) is 67.9 Å². The van der Waals surface area contributed by atoms with E-state index in [-0.39, 0.29) is 0 Å². The molecule has 5 rings (SSSR count). The molecular weight excluding hydrogens is 384 g/mol. The van der Waals surface area contributed by atoms with Gasteiger partial charge >= 0.3 is 0 Å². The Labute approximate surface area is 173 Å². The van der Waals surface area contributed by atoms with E-state index in [1.54, 1.807) is 9.36 Å². The first kappa shape index (κ1) is 17.7. The fourth-order valence-electron chi connectivity index (χ4n) is 3.44. The lowest BCUT2D eigenvalue weighted by Gasteiger charge is -2.34. The van der Waals surface area contributed by atoms with E-state index in [9.17, 15) is 0 Å². The first-order chi connectivity index (χ1) is 14.1. The Morgan fingerprint density at radius 2 is 1.59 bits per heavy atom. The number of tetrazole rings is 1. The third kappa shape index (κ3) is 3.13. The second-order valence-electron chi connectivity index (χ2n) is 7.19. The number of hydrogen-bond donors (Lipinski definition) is 0. The molecule has 0 atom stereocenters. The highest BCUT2D eigenvalue weighted by atomic mass is 32.1. The van der Waals surface area contributed by atoms with Crippen molar-refractivity contribution in [3.63, 3.8) is 0 Å². The molecular formula is C20H20N8S. The van der Waals surface area contributed by atoms with Gasteiger partial charge in [0.05, 0.1) is 16.7 Å². The summed E-state index contributed by atoms with van der Waals surface area (Å²) >= 11 is 5.64. The molecule has 146 valence electrons. The second-order valence-corrected chi connectivity index (χ2v) is 7.56. The zero-order chi connectivity index (χ0) is 20.0. The average molecular weight is 405 g/mol. The van der Waals surface area contributed by atoms with Crippen LogP contribution in [0.1, 0.15) is 5.56 Å². The first-order valence-electron chi connectivity index (χ1n) is 9.43. The van der Waals surface area contributed by atoms with Crippen molar-refractivity contribution >= 4 is 34.9 Å². The molecule has 0 radical (unpaired) electrons. The number of hydrogen-bond acceptors (Lipinski definition) is 7. The highest BCUT2D eigenvalue weighted by Crippen LogP contribution is 2.30. The Hall–Kier alpha value is -3.33. The molecule has 0 spiro atoms. The van der Waals surface area contributed by atoms with Gasteiger partial charge in [-0.3, -0.25) is 0 Å². The molecule has 2 aromatic carbocycles. The van der Waals surface area contributed by atoms with Crippen molar-refractivity contribution in [3.05, 3.63) is 58.9 Å². The van der Waals surface area contributed by atoms with Gasteiger partial charge in [-0.2, -0.15) is 9.36 Å². The lowest BCUT2D eigenvalue weighted by atomic mass is 10.2. The van der Waals surface area contributed by atoms with Gasteiger partial charge in [0.25, 0.3) is 0 Å². The van der Waals surface area contributed by atoms with Crippen LogP contribution in [0.5, 0.6) is 0 Å². The van der Waals surface area contributed by atoms with E-state index in [1.165, 1.54) is 5.56 Å². The minimum atomic E-state index is 0.471. The van der Waals surface area contributed by atoms with Gasteiger partial charge in [-0.1, -0.05) is 29.8 Å². The molecule has 2 aromatic heterocycles. The van der Waals surface area contributed by atoms with Crippen LogP contribution in [0.2, 0.25) is 0 Å². The van der Waals surface area contributed by atoms with Crippen LogP contribution < -0.4 is 9.80 Å². The third-order valence-electron chi connectivity index (χ3n) is 5.12. The lowest BCUT2D eigenvalue weighted by molar-refractivity contribution is 0.540. The van der Waals surface area contributed by atoms with Crippen LogP contribution in [-0.2, 0) is 6.67 Å². The molecule has 9 heteroatoms. The number of fused-ring (bicyclic) bond motifs is 2. The number of rotatable bonds is 3. The largest absolute Gasteiger partial charge is 0.355 e. The van der Waals surface area contributed by atoms with E-state index in [0.29, 0.717) is 11.4 Å². The van der Waals surface area contributed by atoms with Gasteiger partial charge < -0.3 is 9.80 Å². The Bertz CT molecular complexity index is 1240. The minimum absolute atomic E-state index is 0.471. The quantitative estimate of drug-likeness (QED) is 0.486. The van der Waals surface area contributed by atoms with E-state index >= 15 is 0 Å². The van der Waals surface area contributed by atoms with Gasteiger partial charge in [0, 0.05) is 20.1 Å². The van der Waals surface area contributed by atoms with E-state index in [1.807, 2.05) is 55.6 Å². The number of likely N-dealkylation sites (N-methyl/N-ethyl adjacent to an activating group) is 1. The smallest absolute Gasteiger partial charge is 0.222 e. The number of para-hydroxylation sites is 2. The summed E-state index contributed by atoms with van der Waals surface area (Å²) in [6.07, 6.45) is 0. The molecule has 0 amide bonds. The van der Waals surface area contributed by atoms with Crippen molar-refractivity contribution < 1.29 is 0 Å². The summed E-state index contributed by atoms with van der Waals surface area (Å²) in [7, 11) is 2.04. The lowest BCUT2D eigenvalue weighted by Crippen LogP contribution is -2.41. The summed E-state index contributed by atoms with van der Waals surface area (Å²) in [5.74, 6) is 1.71. The summed E-state index contributed by atoms with van der Waals surface area (Å²) in [5.41, 5.74) is 3.85. The Balaban J connectivity index is 1.51. The molecule has 29 heavy (non-hydrogen) atoms. The molecule has 0 saturated carbocycles. The zero-order valence-corrected chi connectivity index (χ0v) is 17.0. The fourth-order valence-corrected chi connectivity index (χ4v) is 3.68. The van der Waals surface area contributed by atoms with Gasteiger partial charge in [-0.25, -0.2) is 9.97 Å². The molecule has 3 heterocycles. The van der Waals surface area contributed by atoms with Crippen LogP contribution in [0.4, 0.5) is 11.6 Å². The molecule has 0 N–H and O–H groups in total. The van der Waals surface area contributed by atoms with Crippen molar-refractivity contribution in [2.45, 2.75) is 13.6 Å². The van der Waals surface area contributed by atoms with Gasteiger partial charge in [-0.05, 0) is 53.8 Å². The van der Waals surface area contributed by atoms with Crippen LogP contribution in [-0.4, -0.2) is 49.9 Å². The number of benzene rings is 2. The summed E-state index contributed by atoms with van der Waals surface area (Å²) in [5, 5.41) is 8.54. The first-order valence-corrected chi connectivity index (χ1v) is 9.84. The standard InChI is InChI=1S/C20H20N8S/c1-14-7-9-15(10-8-14)28-20(29)27(23-24-28)13-26-12-11-25(2)18-19(26)22-17-6-4-3-5-16(17)21-18/h3-10H,11-13H2,1-2H3. The zero-order valence-electron chi connectivity index (χ0n) is 16.2. The number of aryl methyl sites for hydroxylation is 1. The number of aromatic nitrogens is 6. The van der Waals surface area contributed by atoms with Crippen molar-refractivity contribution in [1.82, 2.24) is 29.8 Å². The number of anilines is 2. The maximum atomic E-state index is 5.64. The molecule has 0 saturated heterocycles. The third-order valence-corrected chi connectivity index (χ3v) is 5.51. The van der Waals surface area contributed by atoms with Crippen LogP contribution >= 0.6 is 12.2 Å². The van der Waals surface area contributed by atoms with Crippen LogP contribution in [0.25, 0.3) is 16.7 Å². The SMILES string of the molecule is Cc1ccc(-n2nnn(CN3CCN(C)c4nc5ccccc5nc43)c2=S)cc1. The van der Waals surface area contributed by atoms with Gasteiger partial charge in [0.1, 0.15) is 6.67 Å². The monoisotopic (exact) mass is 404 g/mol. The molecule has 0 fully saturated rings. The van der Waals surface area contributed by atoms with Gasteiger partial charge in [0.15, 0.2) is 11.6 Å². The van der Waals surface area contributed by atoms with E-state index in [4.69, 9.17) is 22.2 Å². The second kappa shape index (κ2) is 6.93. The molecule has 0 unspecified atom stereocenters. The Kier molecular flexibility index (Phi) is 4.24. The van der Waals surface area contributed by atoms with E-state index < -0.39 is 0 Å². The molecule has 0 aliphatic carbocycles. The van der Waals surface area contributed by atoms with Crippen molar-refractivity contribution in [2.24, 2.45) is 0 Å². The molecule has 1 aliphatic heterocycles. The highest BCUT2D eigenvalue weighted by Gasteiger charge is 2.25. The summed E-state index contributed by atoms with van der Waals surface area (Å²) < 4.78 is 3.95. The maximum Gasteiger partial charge on any atom is 0.222 e. The molecule has 8 nitrogen and oxygen atoms in total. The van der Waals surface area contributed by atoms with E-state index in [0.717, 1.165) is 41.4 Å². The summed E-state index contributed by atoms with van der Waals surface area (Å²) in [6, 6.07) is 16.0. The predicted octanol–water partition coefficient (Wildman–Crippen LogP) is 2.96. The van der Waals surface area contributed by atoms with Crippen molar-refractivity contribution in [3.8, 4) is 5.69 Å². The highest BCUT2D eigenvalue weighted by molar-refractivity contribution is 7.71. The van der Waals surface area contributed by atoms with Crippen LogP contribution in [0.3, 0.4) is 0 Å². The maximum absolute atomic E-state index is 5.64. The normalized spacial score (nSPS) is 13.7. The summed E-state index contributed by atoms with van der Waals surface area (Å²) in [6.45, 7) is 4.17. The van der Waals surface area contributed by atoms with Crippen LogP contribution in [0.15, 0.2) is 48.5 Å². The predicted molar refractivity (Wildman–Crippen MR) is 115 cm³/mol. The minimum Gasteiger partial charge on any atom is -0.355 e. The molecule has 1 aliphatic rings. The average Bonchev–Trinajstić information content (AvgIpc) is 3.10. The van der Waals surface area contributed by atoms with Gasteiger partial charge in [-0.15, -0.1) is 0 Å². The Morgan fingerprint density at radius 1 is 0.897 bits per heavy atom. The van der Waals surface area contributed by atoms with Crippen molar-refractivity contribution in [1.29, 1.82) is 0 Å².